The molecular weight excluding hydrogens is 296 g/mol. The number of hydrogen-bond donors (Lipinski definition) is 0. The van der Waals surface area contributed by atoms with Crippen molar-refractivity contribution < 1.29 is 14.6 Å². The topological polar surface area (TPSA) is 81.8 Å². The first-order valence-corrected chi connectivity index (χ1v) is 6.70. The Morgan fingerprint density at radius 3 is 2.04 bits per heavy atom. The largest absolute Gasteiger partial charge is 0.334 e. The monoisotopic (exact) mass is 316 g/mol. The van der Waals surface area contributed by atoms with Crippen LogP contribution in [0.5, 0.6) is 0 Å². The first kappa shape index (κ1) is 20.0. The summed E-state index contributed by atoms with van der Waals surface area (Å²) in [5.41, 5.74) is 1.76. The zero-order valence-corrected chi connectivity index (χ0v) is 13.4. The average Bonchev–Trinajstić information content (AvgIpc) is 2.53. The van der Waals surface area contributed by atoms with Crippen molar-refractivity contribution in [1.29, 1.82) is 0 Å². The summed E-state index contributed by atoms with van der Waals surface area (Å²) in [7, 11) is 0. The zero-order valence-electron chi connectivity index (χ0n) is 13.4. The van der Waals surface area contributed by atoms with E-state index in [4.69, 9.17) is 0 Å². The molecule has 0 aliphatic rings. The third-order valence-corrected chi connectivity index (χ3v) is 2.65. The van der Waals surface area contributed by atoms with Crippen LogP contribution in [-0.2, 0) is 9.63 Å². The molecule has 0 radical (unpaired) electrons. The molecule has 0 rings (SSSR count). The van der Waals surface area contributed by atoms with Crippen molar-refractivity contribution >= 4 is 11.7 Å². The molecule has 0 aliphatic heterocycles. The Morgan fingerprint density at radius 2 is 1.57 bits per heavy atom. The molecule has 0 aromatic carbocycles. The van der Waals surface area contributed by atoms with E-state index >= 15 is 0 Å². The molecule has 0 atom stereocenters. The van der Waals surface area contributed by atoms with E-state index in [-0.39, 0.29) is 12.1 Å². The molecule has 0 heterocycles. The number of nitro groups is 1. The maximum Gasteiger partial charge on any atom is 0.334 e. The van der Waals surface area contributed by atoms with E-state index < -0.39 is 10.9 Å². The van der Waals surface area contributed by atoms with Gasteiger partial charge >= 0.3 is 5.97 Å². The summed E-state index contributed by atoms with van der Waals surface area (Å²) in [5.74, 6) is -0.435. The van der Waals surface area contributed by atoms with Crippen molar-refractivity contribution in [3.8, 4) is 0 Å². The van der Waals surface area contributed by atoms with Crippen LogP contribution in [0.2, 0.25) is 0 Å². The van der Waals surface area contributed by atoms with Gasteiger partial charge in [-0.05, 0) is 36.3 Å². The van der Waals surface area contributed by atoms with Crippen LogP contribution >= 0.6 is 0 Å². The lowest BCUT2D eigenvalue weighted by atomic mass is 10.1. The van der Waals surface area contributed by atoms with E-state index in [1.807, 2.05) is 0 Å². The van der Waals surface area contributed by atoms with E-state index in [1.54, 1.807) is 26.0 Å². The lowest BCUT2D eigenvalue weighted by Gasteiger charge is -2.01. The van der Waals surface area contributed by atoms with Gasteiger partial charge in [-0.25, -0.2) is 4.79 Å². The zero-order chi connectivity index (χ0) is 18.0. The molecule has 0 aliphatic carbocycles. The smallest absolute Gasteiger partial charge is 0.318 e. The number of carbonyl (C=O) groups is 1. The number of oxime groups is 1. The Balaban J connectivity index is 4.70. The second-order valence-electron chi connectivity index (χ2n) is 4.48. The van der Waals surface area contributed by atoms with E-state index in [1.165, 1.54) is 12.2 Å². The average molecular weight is 316 g/mol. The molecule has 0 unspecified atom stereocenters. The molecule has 0 spiro atoms. The van der Waals surface area contributed by atoms with E-state index in [0.29, 0.717) is 22.4 Å². The minimum absolute atomic E-state index is 0.234. The number of hydrogen-bond acceptors (Lipinski definition) is 5. The maximum absolute atomic E-state index is 11.0. The Labute approximate surface area is 135 Å². The van der Waals surface area contributed by atoms with Gasteiger partial charge in [0.05, 0.1) is 10.6 Å². The van der Waals surface area contributed by atoms with Crippen molar-refractivity contribution in [3.05, 3.63) is 83.2 Å². The fraction of sp³-hybridized carbons (Fsp3) is 0.176. The molecule has 23 heavy (non-hydrogen) atoms. The Hall–Kier alpha value is -3.02. The van der Waals surface area contributed by atoms with Crippen LogP contribution < -0.4 is 0 Å². The maximum atomic E-state index is 11.0. The molecule has 0 amide bonds. The second kappa shape index (κ2) is 9.83. The molecule has 0 fully saturated rings. The fourth-order valence-electron chi connectivity index (χ4n) is 1.04. The molecule has 0 aromatic heterocycles. The summed E-state index contributed by atoms with van der Waals surface area (Å²) >= 11 is 0. The van der Waals surface area contributed by atoms with Crippen LogP contribution in [0.3, 0.4) is 0 Å². The molecule has 0 saturated heterocycles. The van der Waals surface area contributed by atoms with Gasteiger partial charge in [0.15, 0.2) is 0 Å². The van der Waals surface area contributed by atoms with Crippen molar-refractivity contribution in [2.75, 3.05) is 0 Å². The molecule has 0 bridgehead atoms. The normalized spacial score (nSPS) is 11.5. The third kappa shape index (κ3) is 8.11. The quantitative estimate of drug-likeness (QED) is 0.212. The Morgan fingerprint density at radius 1 is 1.09 bits per heavy atom. The SMILES string of the molecule is C=C(/C=C\C(=C)/C(C)=N/OC(=O)CC)C(=C)/C=C\C(=C)[N+](=O)[O-]. The summed E-state index contributed by atoms with van der Waals surface area (Å²) in [5, 5.41) is 14.1. The highest BCUT2D eigenvalue weighted by atomic mass is 16.7. The molecule has 0 aromatic rings. The minimum Gasteiger partial charge on any atom is -0.318 e. The Bertz CT molecular complexity index is 637. The number of rotatable bonds is 9. The molecular formula is C17H20N2O4. The van der Waals surface area contributed by atoms with E-state index in [0.717, 1.165) is 0 Å². The van der Waals surface area contributed by atoms with Gasteiger partial charge in [0.25, 0.3) is 5.70 Å². The van der Waals surface area contributed by atoms with Gasteiger partial charge in [0.1, 0.15) is 0 Å². The fourth-order valence-corrected chi connectivity index (χ4v) is 1.04. The summed E-state index contributed by atoms with van der Waals surface area (Å²) in [6.07, 6.45) is 6.18. The Kier molecular flexibility index (Phi) is 8.54. The molecule has 6 heteroatoms. The van der Waals surface area contributed by atoms with Gasteiger partial charge in [0, 0.05) is 12.5 Å². The highest BCUT2D eigenvalue weighted by Crippen LogP contribution is 2.11. The predicted octanol–water partition coefficient (Wildman–Crippen LogP) is 3.89. The van der Waals surface area contributed by atoms with Crippen molar-refractivity contribution in [1.82, 2.24) is 0 Å². The summed E-state index contributed by atoms with van der Waals surface area (Å²) in [4.78, 5) is 25.5. The summed E-state index contributed by atoms with van der Waals surface area (Å²) in [6, 6.07) is 0. The minimum atomic E-state index is -0.596. The number of allylic oxidation sites excluding steroid dienone is 7. The lowest BCUT2D eigenvalue weighted by molar-refractivity contribution is -0.418. The molecule has 122 valence electrons. The third-order valence-electron chi connectivity index (χ3n) is 2.65. The van der Waals surface area contributed by atoms with Crippen LogP contribution in [0, 0.1) is 10.1 Å². The molecule has 0 saturated carbocycles. The van der Waals surface area contributed by atoms with Crippen molar-refractivity contribution in [3.63, 3.8) is 0 Å². The van der Waals surface area contributed by atoms with Crippen LogP contribution in [0.1, 0.15) is 20.3 Å². The van der Waals surface area contributed by atoms with Gasteiger partial charge in [-0.3, -0.25) is 10.1 Å². The lowest BCUT2D eigenvalue weighted by Crippen LogP contribution is -2.01. The van der Waals surface area contributed by atoms with Crippen LogP contribution in [0.15, 0.2) is 78.2 Å². The standard InChI is InChI=1S/C17H20N2O4/c1-7-17(20)23-18-16(6)14(4)9-8-12(2)13(3)10-11-15(5)19(21)22/h8-11H,2-5,7H2,1,6H3/b9-8-,11-10-,18-16+. The second-order valence-corrected chi connectivity index (χ2v) is 4.48. The van der Waals surface area contributed by atoms with Gasteiger partial charge in [-0.2, -0.15) is 0 Å². The van der Waals surface area contributed by atoms with E-state index in [9.17, 15) is 14.9 Å². The van der Waals surface area contributed by atoms with Gasteiger partial charge in [0.2, 0.25) is 0 Å². The van der Waals surface area contributed by atoms with Crippen LogP contribution in [0.4, 0.5) is 0 Å². The summed E-state index contributed by atoms with van der Waals surface area (Å²) in [6.45, 7) is 17.9. The highest BCUT2D eigenvalue weighted by molar-refractivity contribution is 6.00. The summed E-state index contributed by atoms with van der Waals surface area (Å²) < 4.78 is 0. The molecule has 6 nitrogen and oxygen atoms in total. The van der Waals surface area contributed by atoms with E-state index in [2.05, 4.69) is 36.3 Å². The first-order chi connectivity index (χ1) is 10.7. The molecule has 0 N–H and O–H groups in total. The predicted molar refractivity (Wildman–Crippen MR) is 91.3 cm³/mol. The highest BCUT2D eigenvalue weighted by Gasteiger charge is 2.02. The van der Waals surface area contributed by atoms with Crippen LogP contribution in [0.25, 0.3) is 0 Å². The van der Waals surface area contributed by atoms with Gasteiger partial charge in [-0.15, -0.1) is 0 Å². The number of nitrogens with zero attached hydrogens (tertiary/aromatic N) is 2. The first-order valence-electron chi connectivity index (χ1n) is 6.70. The van der Waals surface area contributed by atoms with Crippen molar-refractivity contribution in [2.24, 2.45) is 5.16 Å². The van der Waals surface area contributed by atoms with Gasteiger partial charge < -0.3 is 4.84 Å². The van der Waals surface area contributed by atoms with Crippen LogP contribution in [-0.4, -0.2) is 16.6 Å². The van der Waals surface area contributed by atoms with Gasteiger partial charge in [-0.1, -0.05) is 44.0 Å². The number of carbonyl (C=O) groups excluding carboxylic acids is 1. The van der Waals surface area contributed by atoms with Crippen molar-refractivity contribution in [2.45, 2.75) is 20.3 Å².